The zero-order chi connectivity index (χ0) is 15.4. The van der Waals surface area contributed by atoms with Crippen molar-refractivity contribution in [2.24, 2.45) is 5.73 Å². The molecule has 1 unspecified atom stereocenters. The molecule has 0 bridgehead atoms. The highest BCUT2D eigenvalue weighted by Crippen LogP contribution is 2.24. The van der Waals surface area contributed by atoms with Crippen LogP contribution in [0.4, 0.5) is 4.79 Å². The van der Waals surface area contributed by atoms with Gasteiger partial charge in [-0.2, -0.15) is 0 Å². The van der Waals surface area contributed by atoms with E-state index in [1.54, 1.807) is 0 Å². The number of hydrogen-bond acceptors (Lipinski definition) is 3. The van der Waals surface area contributed by atoms with Gasteiger partial charge in [0.25, 0.3) is 0 Å². The maximum absolute atomic E-state index is 11.7. The van der Waals surface area contributed by atoms with Crippen molar-refractivity contribution < 1.29 is 9.53 Å². The molecule has 0 saturated heterocycles. The van der Waals surface area contributed by atoms with Gasteiger partial charge in [-0.1, -0.05) is 35.0 Å². The summed E-state index contributed by atoms with van der Waals surface area (Å²) in [4.78, 5) is 11.7. The number of carbonyl (C=O) groups excluding carboxylic acids is 1. The first kappa shape index (κ1) is 17.0. The van der Waals surface area contributed by atoms with Gasteiger partial charge in [-0.3, -0.25) is 0 Å². The van der Waals surface area contributed by atoms with Gasteiger partial charge in [0, 0.05) is 23.0 Å². The molecule has 0 saturated carbocycles. The van der Waals surface area contributed by atoms with E-state index in [0.717, 1.165) is 10.0 Å². The first-order chi connectivity index (χ1) is 9.16. The summed E-state index contributed by atoms with van der Waals surface area (Å²) in [6.07, 6.45) is -0.422. The van der Waals surface area contributed by atoms with Gasteiger partial charge >= 0.3 is 6.09 Å². The zero-order valence-electron chi connectivity index (χ0n) is 12.5. The molecule has 0 fully saturated rings. The number of ether oxygens (including phenoxy) is 1. The highest BCUT2D eigenvalue weighted by atomic mass is 79.9. The number of alkyl carbamates (subject to hydrolysis) is 1. The van der Waals surface area contributed by atoms with Gasteiger partial charge in [0.2, 0.25) is 0 Å². The van der Waals surface area contributed by atoms with Gasteiger partial charge in [-0.25, -0.2) is 4.79 Å². The monoisotopic (exact) mass is 342 g/mol. The van der Waals surface area contributed by atoms with E-state index < -0.39 is 11.7 Å². The lowest BCUT2D eigenvalue weighted by Gasteiger charge is -2.29. The van der Waals surface area contributed by atoms with E-state index in [1.165, 1.54) is 0 Å². The molecule has 20 heavy (non-hydrogen) atoms. The molecule has 0 aliphatic rings. The molecule has 0 heterocycles. The van der Waals surface area contributed by atoms with Crippen LogP contribution in [0.1, 0.15) is 33.3 Å². The van der Waals surface area contributed by atoms with Crippen LogP contribution in [0.25, 0.3) is 0 Å². The van der Waals surface area contributed by atoms with E-state index in [4.69, 9.17) is 10.5 Å². The molecular weight excluding hydrogens is 320 g/mol. The second-order valence-corrected chi connectivity index (χ2v) is 7.04. The number of carbonyl (C=O) groups is 1. The molecule has 0 spiro atoms. The summed E-state index contributed by atoms with van der Waals surface area (Å²) in [5.74, 6) is 0. The summed E-state index contributed by atoms with van der Waals surface area (Å²) in [6, 6.07) is 7.95. The molecule has 0 aromatic heterocycles. The first-order valence-electron chi connectivity index (χ1n) is 6.59. The molecule has 1 aromatic carbocycles. The van der Waals surface area contributed by atoms with E-state index in [-0.39, 0.29) is 5.41 Å². The zero-order valence-corrected chi connectivity index (χ0v) is 14.1. The van der Waals surface area contributed by atoms with Crippen LogP contribution in [-0.2, 0) is 10.2 Å². The number of halogens is 1. The average Bonchev–Trinajstić information content (AvgIpc) is 2.35. The standard InChI is InChI=1S/C15H23BrN2O2/c1-14(2,3)20-13(19)18-10-15(4,9-17)11-5-7-12(16)8-6-11/h5-8H,9-10,17H2,1-4H3,(H,18,19). The van der Waals surface area contributed by atoms with Crippen LogP contribution in [0, 0.1) is 0 Å². The van der Waals surface area contributed by atoms with Crippen molar-refractivity contribution in [3.63, 3.8) is 0 Å². The Morgan fingerprint density at radius 1 is 1.25 bits per heavy atom. The maximum atomic E-state index is 11.7. The Balaban J connectivity index is 2.71. The summed E-state index contributed by atoms with van der Waals surface area (Å²) in [6.45, 7) is 8.40. The normalized spacial score (nSPS) is 14.5. The van der Waals surface area contributed by atoms with Gasteiger partial charge in [-0.15, -0.1) is 0 Å². The van der Waals surface area contributed by atoms with Gasteiger partial charge < -0.3 is 15.8 Å². The van der Waals surface area contributed by atoms with Crippen molar-refractivity contribution >= 4 is 22.0 Å². The number of rotatable bonds is 4. The van der Waals surface area contributed by atoms with Crippen molar-refractivity contribution in [2.45, 2.75) is 38.7 Å². The predicted octanol–water partition coefficient (Wildman–Crippen LogP) is 3.19. The van der Waals surface area contributed by atoms with Crippen molar-refractivity contribution in [3.05, 3.63) is 34.3 Å². The Kier molecular flexibility index (Phi) is 5.59. The van der Waals surface area contributed by atoms with Crippen LogP contribution in [0.2, 0.25) is 0 Å². The number of benzene rings is 1. The SMILES string of the molecule is CC(C)(C)OC(=O)NCC(C)(CN)c1ccc(Br)cc1. The fourth-order valence-corrected chi connectivity index (χ4v) is 1.99. The minimum atomic E-state index is -0.499. The Morgan fingerprint density at radius 2 is 1.80 bits per heavy atom. The van der Waals surface area contributed by atoms with Gasteiger partial charge in [0.15, 0.2) is 0 Å². The highest BCUT2D eigenvalue weighted by molar-refractivity contribution is 9.10. The molecule has 1 atom stereocenters. The van der Waals surface area contributed by atoms with Gasteiger partial charge in [0.1, 0.15) is 5.60 Å². The van der Waals surface area contributed by atoms with Crippen LogP contribution in [0.5, 0.6) is 0 Å². The molecule has 112 valence electrons. The van der Waals surface area contributed by atoms with Gasteiger partial charge in [-0.05, 0) is 38.5 Å². The summed E-state index contributed by atoms with van der Waals surface area (Å²) in [5.41, 5.74) is 6.15. The third kappa shape index (κ3) is 5.13. The van der Waals surface area contributed by atoms with E-state index in [2.05, 4.69) is 21.2 Å². The Bertz CT molecular complexity index is 454. The second-order valence-electron chi connectivity index (χ2n) is 6.13. The van der Waals surface area contributed by atoms with Crippen LogP contribution >= 0.6 is 15.9 Å². The summed E-state index contributed by atoms with van der Waals surface area (Å²) in [7, 11) is 0. The van der Waals surface area contributed by atoms with Crippen molar-refractivity contribution in [3.8, 4) is 0 Å². The molecule has 3 N–H and O–H groups in total. The van der Waals surface area contributed by atoms with Gasteiger partial charge in [0.05, 0.1) is 0 Å². The fourth-order valence-electron chi connectivity index (χ4n) is 1.73. The largest absolute Gasteiger partial charge is 0.444 e. The number of amides is 1. The number of nitrogens with one attached hydrogen (secondary N) is 1. The fraction of sp³-hybridized carbons (Fsp3) is 0.533. The third-order valence-electron chi connectivity index (χ3n) is 3.01. The smallest absolute Gasteiger partial charge is 0.407 e. The minimum Gasteiger partial charge on any atom is -0.444 e. The van der Waals surface area contributed by atoms with Crippen molar-refractivity contribution in [1.29, 1.82) is 0 Å². The van der Waals surface area contributed by atoms with Crippen LogP contribution in [0.3, 0.4) is 0 Å². The van der Waals surface area contributed by atoms with Crippen LogP contribution < -0.4 is 11.1 Å². The quantitative estimate of drug-likeness (QED) is 0.882. The molecule has 0 aliphatic heterocycles. The Labute approximate surface area is 129 Å². The van der Waals surface area contributed by atoms with Crippen molar-refractivity contribution in [1.82, 2.24) is 5.32 Å². The van der Waals surface area contributed by atoms with Crippen LogP contribution in [0.15, 0.2) is 28.7 Å². The van der Waals surface area contributed by atoms with E-state index in [9.17, 15) is 4.79 Å². The summed E-state index contributed by atoms with van der Waals surface area (Å²) < 4.78 is 6.25. The molecule has 5 heteroatoms. The topological polar surface area (TPSA) is 64.3 Å². The van der Waals surface area contributed by atoms with E-state index >= 15 is 0 Å². The van der Waals surface area contributed by atoms with Crippen LogP contribution in [-0.4, -0.2) is 24.8 Å². The molecule has 1 amide bonds. The molecule has 0 aliphatic carbocycles. The van der Waals surface area contributed by atoms with E-state index in [0.29, 0.717) is 13.1 Å². The summed E-state index contributed by atoms with van der Waals surface area (Å²) >= 11 is 3.41. The molecule has 0 radical (unpaired) electrons. The lowest BCUT2D eigenvalue weighted by atomic mass is 9.82. The van der Waals surface area contributed by atoms with E-state index in [1.807, 2.05) is 52.0 Å². The van der Waals surface area contributed by atoms with Crippen molar-refractivity contribution in [2.75, 3.05) is 13.1 Å². The molecule has 1 rings (SSSR count). The minimum absolute atomic E-state index is 0.322. The highest BCUT2D eigenvalue weighted by Gasteiger charge is 2.27. The predicted molar refractivity (Wildman–Crippen MR) is 84.8 cm³/mol. The second kappa shape index (κ2) is 6.59. The number of hydrogen-bond donors (Lipinski definition) is 2. The average molecular weight is 343 g/mol. The maximum Gasteiger partial charge on any atom is 0.407 e. The first-order valence-corrected chi connectivity index (χ1v) is 7.38. The molecule has 1 aromatic rings. The Hall–Kier alpha value is -1.07. The Morgan fingerprint density at radius 3 is 2.25 bits per heavy atom. The number of nitrogens with two attached hydrogens (primary N) is 1. The summed E-state index contributed by atoms with van der Waals surface area (Å²) in [5, 5.41) is 2.79. The lowest BCUT2D eigenvalue weighted by molar-refractivity contribution is 0.0516. The molecule has 4 nitrogen and oxygen atoms in total. The lowest BCUT2D eigenvalue weighted by Crippen LogP contribution is -2.45. The third-order valence-corrected chi connectivity index (χ3v) is 3.54. The molecular formula is C15H23BrN2O2.